The predicted molar refractivity (Wildman–Crippen MR) is 95.9 cm³/mol. The fourth-order valence-corrected chi connectivity index (χ4v) is 2.97. The quantitative estimate of drug-likeness (QED) is 0.875. The van der Waals surface area contributed by atoms with Gasteiger partial charge in [-0.1, -0.05) is 17.7 Å². The Morgan fingerprint density at radius 2 is 1.96 bits per heavy atom. The van der Waals surface area contributed by atoms with Gasteiger partial charge in [-0.05, 0) is 32.9 Å². The first-order chi connectivity index (χ1) is 11.9. The summed E-state index contributed by atoms with van der Waals surface area (Å²) >= 11 is 0. The largest absolute Gasteiger partial charge is 0.354 e. The molecule has 3 rings (SSSR count). The number of aryl methyl sites for hydroxylation is 2. The highest BCUT2D eigenvalue weighted by Gasteiger charge is 2.20. The van der Waals surface area contributed by atoms with Crippen molar-refractivity contribution in [3.05, 3.63) is 41.2 Å². The van der Waals surface area contributed by atoms with Crippen molar-refractivity contribution in [1.82, 2.24) is 20.0 Å². The van der Waals surface area contributed by atoms with Crippen LogP contribution in [0.4, 0.5) is 5.69 Å². The lowest BCUT2D eigenvalue weighted by atomic mass is 10.2. The number of aromatic nitrogens is 2. The van der Waals surface area contributed by atoms with Crippen LogP contribution in [-0.4, -0.2) is 52.7 Å². The van der Waals surface area contributed by atoms with Crippen molar-refractivity contribution in [2.45, 2.75) is 20.8 Å². The highest BCUT2D eigenvalue weighted by atomic mass is 16.2. The third-order valence-corrected chi connectivity index (χ3v) is 4.32. The lowest BCUT2D eigenvalue weighted by Crippen LogP contribution is -2.49. The van der Waals surface area contributed by atoms with E-state index in [1.54, 1.807) is 0 Å². The fraction of sp³-hybridized carbons (Fsp3) is 0.389. The van der Waals surface area contributed by atoms with Crippen molar-refractivity contribution in [3.63, 3.8) is 0 Å². The maximum atomic E-state index is 12.4. The van der Waals surface area contributed by atoms with Gasteiger partial charge in [0.05, 0.1) is 35.9 Å². The van der Waals surface area contributed by atoms with Gasteiger partial charge >= 0.3 is 0 Å². The lowest BCUT2D eigenvalue weighted by molar-refractivity contribution is -0.125. The summed E-state index contributed by atoms with van der Waals surface area (Å²) in [5.74, 6) is -0.178. The number of anilines is 1. The third kappa shape index (κ3) is 3.88. The smallest absolute Gasteiger partial charge is 0.238 e. The molecule has 1 aromatic carbocycles. The second-order valence-electron chi connectivity index (χ2n) is 6.40. The van der Waals surface area contributed by atoms with Crippen LogP contribution in [0.1, 0.15) is 17.0 Å². The zero-order valence-electron chi connectivity index (χ0n) is 14.8. The van der Waals surface area contributed by atoms with Crippen molar-refractivity contribution >= 4 is 17.5 Å². The van der Waals surface area contributed by atoms with Crippen LogP contribution in [0.3, 0.4) is 0 Å². The number of carbonyl (C=O) groups excluding carboxylic acids is 2. The number of amides is 2. The molecule has 132 valence electrons. The molecule has 2 aromatic rings. The Morgan fingerprint density at radius 3 is 2.64 bits per heavy atom. The molecule has 1 fully saturated rings. The van der Waals surface area contributed by atoms with E-state index >= 15 is 0 Å². The van der Waals surface area contributed by atoms with Gasteiger partial charge < -0.3 is 10.6 Å². The molecule has 1 saturated heterocycles. The number of carbonyl (C=O) groups is 2. The molecule has 7 heteroatoms. The molecule has 0 atom stereocenters. The van der Waals surface area contributed by atoms with Crippen molar-refractivity contribution in [2.24, 2.45) is 0 Å². The molecule has 0 unspecified atom stereocenters. The minimum absolute atomic E-state index is 0.0430. The Hall–Kier alpha value is -2.67. The molecule has 2 amide bonds. The van der Waals surface area contributed by atoms with Crippen LogP contribution in [0.15, 0.2) is 24.3 Å². The number of nitrogens with zero attached hydrogens (tertiary/aromatic N) is 3. The Kier molecular flexibility index (Phi) is 4.85. The summed E-state index contributed by atoms with van der Waals surface area (Å²) in [6.07, 6.45) is 0. The summed E-state index contributed by atoms with van der Waals surface area (Å²) in [6, 6.07) is 8.08. The van der Waals surface area contributed by atoms with Gasteiger partial charge in [-0.2, -0.15) is 5.10 Å². The van der Waals surface area contributed by atoms with Gasteiger partial charge in [0.25, 0.3) is 0 Å². The molecule has 1 aromatic heterocycles. The molecule has 2 heterocycles. The van der Waals surface area contributed by atoms with Gasteiger partial charge in [-0.3, -0.25) is 14.5 Å². The SMILES string of the molecule is Cc1ccc(-n2nc(C)c(NC(=O)CN3CCNC(=O)C3)c2C)cc1. The number of benzene rings is 1. The van der Waals surface area contributed by atoms with Gasteiger partial charge in [0, 0.05) is 13.1 Å². The molecule has 0 saturated carbocycles. The molecule has 0 spiro atoms. The van der Waals surface area contributed by atoms with E-state index in [1.165, 1.54) is 5.56 Å². The van der Waals surface area contributed by atoms with Gasteiger partial charge in [0.2, 0.25) is 11.8 Å². The molecular formula is C18H23N5O2. The van der Waals surface area contributed by atoms with E-state index < -0.39 is 0 Å². The molecule has 0 aliphatic carbocycles. The first-order valence-electron chi connectivity index (χ1n) is 8.36. The van der Waals surface area contributed by atoms with Crippen LogP contribution in [-0.2, 0) is 9.59 Å². The first-order valence-corrected chi connectivity index (χ1v) is 8.36. The fourth-order valence-electron chi connectivity index (χ4n) is 2.97. The number of rotatable bonds is 4. The minimum Gasteiger partial charge on any atom is -0.354 e. The minimum atomic E-state index is -0.135. The topological polar surface area (TPSA) is 79.3 Å². The molecule has 2 N–H and O–H groups in total. The molecule has 25 heavy (non-hydrogen) atoms. The average molecular weight is 341 g/mol. The van der Waals surface area contributed by atoms with Crippen LogP contribution < -0.4 is 10.6 Å². The molecule has 1 aliphatic rings. The molecule has 0 bridgehead atoms. The van der Waals surface area contributed by atoms with Crippen LogP contribution in [0.2, 0.25) is 0 Å². The molecular weight excluding hydrogens is 318 g/mol. The number of piperazine rings is 1. The van der Waals surface area contributed by atoms with E-state index in [0.717, 1.165) is 22.8 Å². The number of hydrogen-bond donors (Lipinski definition) is 2. The Morgan fingerprint density at radius 1 is 1.24 bits per heavy atom. The number of nitrogens with one attached hydrogen (secondary N) is 2. The van der Waals surface area contributed by atoms with E-state index in [4.69, 9.17) is 0 Å². The van der Waals surface area contributed by atoms with Crippen LogP contribution >= 0.6 is 0 Å². The Balaban J connectivity index is 1.73. The van der Waals surface area contributed by atoms with E-state index in [9.17, 15) is 9.59 Å². The predicted octanol–water partition coefficient (Wildman–Crippen LogP) is 1.17. The summed E-state index contributed by atoms with van der Waals surface area (Å²) < 4.78 is 1.83. The van der Waals surface area contributed by atoms with Gasteiger partial charge in [0.1, 0.15) is 0 Å². The zero-order valence-corrected chi connectivity index (χ0v) is 14.8. The summed E-state index contributed by atoms with van der Waals surface area (Å²) in [5, 5.41) is 10.2. The average Bonchev–Trinajstić information content (AvgIpc) is 2.84. The standard InChI is InChI=1S/C18H23N5O2/c1-12-4-6-15(7-5-12)23-14(3)18(13(2)21-23)20-17(25)11-22-9-8-19-16(24)10-22/h4-7H,8-11H2,1-3H3,(H,19,24)(H,20,25). The van der Waals surface area contributed by atoms with Crippen molar-refractivity contribution in [3.8, 4) is 5.69 Å². The monoisotopic (exact) mass is 341 g/mol. The normalized spacial score (nSPS) is 15.1. The van der Waals surface area contributed by atoms with E-state index in [2.05, 4.69) is 15.7 Å². The maximum Gasteiger partial charge on any atom is 0.238 e. The third-order valence-electron chi connectivity index (χ3n) is 4.32. The van der Waals surface area contributed by atoms with Gasteiger partial charge in [-0.25, -0.2) is 4.68 Å². The van der Waals surface area contributed by atoms with E-state index in [-0.39, 0.29) is 24.9 Å². The van der Waals surface area contributed by atoms with E-state index in [1.807, 2.05) is 54.6 Å². The van der Waals surface area contributed by atoms with Gasteiger partial charge in [0.15, 0.2) is 0 Å². The maximum absolute atomic E-state index is 12.4. The van der Waals surface area contributed by atoms with Gasteiger partial charge in [-0.15, -0.1) is 0 Å². The van der Waals surface area contributed by atoms with E-state index in [0.29, 0.717) is 13.1 Å². The summed E-state index contributed by atoms with van der Waals surface area (Å²) in [7, 11) is 0. The van der Waals surface area contributed by atoms with Crippen LogP contribution in [0.25, 0.3) is 5.69 Å². The van der Waals surface area contributed by atoms with Crippen LogP contribution in [0.5, 0.6) is 0 Å². The second kappa shape index (κ2) is 7.06. The molecule has 0 radical (unpaired) electrons. The zero-order chi connectivity index (χ0) is 18.0. The second-order valence-corrected chi connectivity index (χ2v) is 6.40. The lowest BCUT2D eigenvalue weighted by Gasteiger charge is -2.25. The Labute approximate surface area is 147 Å². The number of hydrogen-bond acceptors (Lipinski definition) is 4. The molecule has 7 nitrogen and oxygen atoms in total. The van der Waals surface area contributed by atoms with Crippen molar-refractivity contribution < 1.29 is 9.59 Å². The van der Waals surface area contributed by atoms with Crippen LogP contribution in [0, 0.1) is 20.8 Å². The van der Waals surface area contributed by atoms with Crippen molar-refractivity contribution in [1.29, 1.82) is 0 Å². The highest BCUT2D eigenvalue weighted by Crippen LogP contribution is 2.23. The summed E-state index contributed by atoms with van der Waals surface area (Å²) in [6.45, 7) is 7.56. The summed E-state index contributed by atoms with van der Waals surface area (Å²) in [4.78, 5) is 25.6. The van der Waals surface area contributed by atoms with Crippen molar-refractivity contribution in [2.75, 3.05) is 31.5 Å². The molecule has 1 aliphatic heterocycles. The first kappa shape index (κ1) is 17.2. The Bertz CT molecular complexity index is 795. The highest BCUT2D eigenvalue weighted by molar-refractivity contribution is 5.94. The summed E-state index contributed by atoms with van der Waals surface area (Å²) in [5.41, 5.74) is 4.52.